The van der Waals surface area contributed by atoms with Gasteiger partial charge in [0.05, 0.1) is 19.5 Å². The van der Waals surface area contributed by atoms with Crippen LogP contribution in [0, 0.1) is 0 Å². The second-order valence-corrected chi connectivity index (χ2v) is 12.0. The van der Waals surface area contributed by atoms with E-state index in [0.717, 1.165) is 18.9 Å². The first kappa shape index (κ1) is 33.5. The fourth-order valence-corrected chi connectivity index (χ4v) is 6.18. The molecule has 42 heavy (non-hydrogen) atoms. The highest BCUT2D eigenvalue weighted by Gasteiger charge is 2.37. The van der Waals surface area contributed by atoms with E-state index < -0.39 is 56.2 Å². The van der Waals surface area contributed by atoms with Crippen molar-refractivity contribution >= 4 is 36.4 Å². The molecule has 0 bridgehead atoms. The molecule has 14 nitrogen and oxygen atoms in total. The van der Waals surface area contributed by atoms with Crippen molar-refractivity contribution in [1.82, 2.24) is 29.7 Å². The van der Waals surface area contributed by atoms with Crippen LogP contribution < -0.4 is 15.9 Å². The summed E-state index contributed by atoms with van der Waals surface area (Å²) in [6.07, 6.45) is 4.11. The highest BCUT2D eigenvalue weighted by atomic mass is 31.2. The van der Waals surface area contributed by atoms with Gasteiger partial charge in [0.15, 0.2) is 29.8 Å². The monoisotopic (exact) mass is 613 g/mol. The molecule has 1 aliphatic heterocycles. The lowest BCUT2D eigenvalue weighted by atomic mass is 10.2. The summed E-state index contributed by atoms with van der Waals surface area (Å²) in [6, 6.07) is -1.91. The van der Waals surface area contributed by atoms with Crippen LogP contribution in [0.3, 0.4) is 0 Å². The number of anilines is 1. The Kier molecular flexibility index (Phi) is 12.8. The van der Waals surface area contributed by atoms with Crippen molar-refractivity contribution in [2.75, 3.05) is 25.3 Å². The summed E-state index contributed by atoms with van der Waals surface area (Å²) in [5.41, 5.74) is 6.36. The molecule has 2 aromatic rings. The second kappa shape index (κ2) is 16.0. The third-order valence-corrected chi connectivity index (χ3v) is 8.42. The van der Waals surface area contributed by atoms with Gasteiger partial charge < -0.3 is 24.7 Å². The number of nitrogens with zero attached hydrogens (tertiary/aromatic N) is 4. The Labute approximate surface area is 244 Å². The van der Waals surface area contributed by atoms with Crippen LogP contribution in [0.2, 0.25) is 0 Å². The summed E-state index contributed by atoms with van der Waals surface area (Å²) in [7, 11) is -3.86. The van der Waals surface area contributed by atoms with Crippen LogP contribution in [0.5, 0.6) is 0 Å². The normalized spacial score (nSPS) is 19.7. The molecule has 0 spiro atoms. The Hall–Kier alpha value is -2.97. The molecule has 4 atom stereocenters. The lowest BCUT2D eigenvalue weighted by Gasteiger charge is -2.29. The first-order valence-corrected chi connectivity index (χ1v) is 16.1. The van der Waals surface area contributed by atoms with E-state index in [4.69, 9.17) is 24.7 Å². The molecule has 0 aliphatic carbocycles. The molecular formula is C26H41FN7O7P. The van der Waals surface area contributed by atoms with Gasteiger partial charge in [0.25, 0.3) is 0 Å². The van der Waals surface area contributed by atoms with E-state index in [-0.39, 0.29) is 43.0 Å². The van der Waals surface area contributed by atoms with E-state index >= 15 is 0 Å². The minimum Gasteiger partial charge on any atom is -0.465 e. The molecule has 4 N–H and O–H groups in total. The molecule has 3 rings (SSSR count). The van der Waals surface area contributed by atoms with Crippen LogP contribution in [-0.2, 0) is 33.1 Å². The molecule has 0 radical (unpaired) electrons. The summed E-state index contributed by atoms with van der Waals surface area (Å²) in [5, 5.41) is 5.64. The molecule has 234 valence electrons. The largest absolute Gasteiger partial charge is 0.465 e. The number of carbonyl (C=O) groups excluding carboxylic acids is 2. The van der Waals surface area contributed by atoms with E-state index in [1.807, 2.05) is 13.8 Å². The Bertz CT molecular complexity index is 1240. The van der Waals surface area contributed by atoms with Crippen LogP contribution in [0.4, 0.5) is 10.2 Å². The fraction of sp³-hybridized carbons (Fsp3) is 0.654. The summed E-state index contributed by atoms with van der Waals surface area (Å²) in [4.78, 5) is 37.5. The van der Waals surface area contributed by atoms with Crippen molar-refractivity contribution in [2.24, 2.45) is 0 Å². The molecular weight excluding hydrogens is 572 g/mol. The van der Waals surface area contributed by atoms with Gasteiger partial charge in [0.1, 0.15) is 30.3 Å². The number of esters is 2. The number of nitrogen functional groups attached to an aromatic ring is 1. The summed E-state index contributed by atoms with van der Waals surface area (Å²) < 4.78 is 52.6. The van der Waals surface area contributed by atoms with Gasteiger partial charge in [0, 0.05) is 6.08 Å². The van der Waals surface area contributed by atoms with Crippen LogP contribution >= 0.6 is 7.44 Å². The third-order valence-electron chi connectivity index (χ3n) is 6.45. The number of hydrogen-bond acceptors (Lipinski definition) is 11. The molecule has 0 saturated heterocycles. The number of rotatable bonds is 18. The van der Waals surface area contributed by atoms with Gasteiger partial charge in [-0.15, -0.1) is 0 Å². The Morgan fingerprint density at radius 2 is 1.64 bits per heavy atom. The van der Waals surface area contributed by atoms with Gasteiger partial charge in [-0.05, 0) is 25.7 Å². The maximum Gasteiger partial charge on any atom is 0.323 e. The van der Waals surface area contributed by atoms with E-state index in [0.29, 0.717) is 12.8 Å². The van der Waals surface area contributed by atoms with Crippen LogP contribution in [0.15, 0.2) is 24.6 Å². The average Bonchev–Trinajstić information content (AvgIpc) is 3.57. The standard InChI is InChI=1S/C26H41FN7O7P/c1-5-9-11-38-25(35)18(7-3)32-42(37,33-19(8-4)26(36)39-12-10-6-2)16-40-20-13-17(27)24(41-20)34-15-31-21-22(28)29-14-30-23(21)34/h13-15,18-20,24H,5-12,16H2,1-4H3,(H2,28,29,30)(H2,32,33,37)/t18?,19?,20-,24+,42?/m0/s1. The van der Waals surface area contributed by atoms with Crippen molar-refractivity contribution in [3.05, 3.63) is 24.6 Å². The molecule has 0 saturated carbocycles. The molecule has 16 heteroatoms. The molecule has 3 heterocycles. The summed E-state index contributed by atoms with van der Waals surface area (Å²) >= 11 is 0. The van der Waals surface area contributed by atoms with Gasteiger partial charge in [0.2, 0.25) is 7.44 Å². The number of carbonyl (C=O) groups is 2. The van der Waals surface area contributed by atoms with Crippen molar-refractivity contribution in [1.29, 1.82) is 0 Å². The third kappa shape index (κ3) is 8.77. The average molecular weight is 614 g/mol. The minimum absolute atomic E-state index is 0.129. The molecule has 0 fully saturated rings. The number of unbranched alkanes of at least 4 members (excludes halogenated alkanes) is 2. The van der Waals surface area contributed by atoms with Crippen molar-refractivity contribution in [3.63, 3.8) is 0 Å². The number of nitrogens with one attached hydrogen (secondary N) is 2. The molecule has 0 amide bonds. The van der Waals surface area contributed by atoms with Gasteiger partial charge >= 0.3 is 11.9 Å². The molecule has 2 unspecified atom stereocenters. The summed E-state index contributed by atoms with van der Waals surface area (Å²) in [5.74, 6) is -1.72. The highest BCUT2D eigenvalue weighted by Crippen LogP contribution is 2.41. The van der Waals surface area contributed by atoms with Gasteiger partial charge in [-0.3, -0.25) is 18.7 Å². The SMILES string of the molecule is CCCCOC(=O)C(CC)NP(=O)(CO[C@@H]1C=C(F)[C@H](n2cnc3c(N)ncnc32)O1)NC(CC)C(=O)OCCCC. The van der Waals surface area contributed by atoms with E-state index in [9.17, 15) is 18.5 Å². The van der Waals surface area contributed by atoms with Crippen LogP contribution in [0.1, 0.15) is 72.4 Å². The summed E-state index contributed by atoms with van der Waals surface area (Å²) in [6.45, 7) is 7.85. The number of ether oxygens (including phenoxy) is 4. The van der Waals surface area contributed by atoms with Crippen molar-refractivity contribution in [2.45, 2.75) is 90.8 Å². The first-order valence-electron chi connectivity index (χ1n) is 14.2. The molecule has 0 aromatic carbocycles. The Morgan fingerprint density at radius 1 is 1.05 bits per heavy atom. The Morgan fingerprint density at radius 3 is 2.19 bits per heavy atom. The highest BCUT2D eigenvalue weighted by molar-refractivity contribution is 7.59. The zero-order valence-corrected chi connectivity index (χ0v) is 25.3. The van der Waals surface area contributed by atoms with Crippen LogP contribution in [-0.4, -0.2) is 69.4 Å². The quantitative estimate of drug-likeness (QED) is 0.126. The lowest BCUT2D eigenvalue weighted by molar-refractivity contribution is -0.146. The zero-order chi connectivity index (χ0) is 30.7. The number of aromatic nitrogens is 4. The Balaban J connectivity index is 1.75. The number of nitrogens with two attached hydrogens (primary N) is 1. The first-order chi connectivity index (χ1) is 20.2. The topological polar surface area (TPSA) is 182 Å². The molecule has 1 aliphatic rings. The van der Waals surface area contributed by atoms with E-state index in [1.54, 1.807) is 13.8 Å². The van der Waals surface area contributed by atoms with Gasteiger partial charge in [-0.1, -0.05) is 40.5 Å². The van der Waals surface area contributed by atoms with Gasteiger partial charge in [-0.25, -0.2) is 29.5 Å². The lowest BCUT2D eigenvalue weighted by Crippen LogP contribution is -2.45. The second-order valence-electron chi connectivity index (χ2n) is 9.75. The van der Waals surface area contributed by atoms with E-state index in [1.165, 1.54) is 17.2 Å². The van der Waals surface area contributed by atoms with E-state index in [2.05, 4.69) is 25.1 Å². The predicted octanol–water partition coefficient (Wildman–Crippen LogP) is 3.71. The molecule has 2 aromatic heterocycles. The van der Waals surface area contributed by atoms with Gasteiger partial charge in [-0.2, -0.15) is 0 Å². The number of fused-ring (bicyclic) bond motifs is 1. The van der Waals surface area contributed by atoms with Crippen LogP contribution in [0.25, 0.3) is 11.2 Å². The maximum atomic E-state index is 15.0. The minimum atomic E-state index is -3.86. The zero-order valence-electron chi connectivity index (χ0n) is 24.5. The number of halogens is 1. The van der Waals surface area contributed by atoms with Crippen molar-refractivity contribution in [3.8, 4) is 0 Å². The van der Waals surface area contributed by atoms with Crippen molar-refractivity contribution < 1.29 is 37.5 Å². The smallest absolute Gasteiger partial charge is 0.323 e. The maximum absolute atomic E-state index is 15.0. The number of hydrogen-bond donors (Lipinski definition) is 3. The number of imidazole rings is 1. The predicted molar refractivity (Wildman–Crippen MR) is 153 cm³/mol. The fourth-order valence-electron chi connectivity index (χ4n) is 4.02.